The number of rotatable bonds is 2. The van der Waals surface area contributed by atoms with Crippen LogP contribution in [-0.2, 0) is 9.31 Å². The van der Waals surface area contributed by atoms with Gasteiger partial charge in [0.1, 0.15) is 12.4 Å². The maximum atomic E-state index is 6.25. The van der Waals surface area contributed by atoms with Crippen molar-refractivity contribution in [1.29, 1.82) is 0 Å². The van der Waals surface area contributed by atoms with Crippen LogP contribution in [0.1, 0.15) is 11.7 Å². The summed E-state index contributed by atoms with van der Waals surface area (Å²) in [5.74, 6) is 0.825. The maximum absolute atomic E-state index is 6.25. The Bertz CT molecular complexity index is 443. The van der Waals surface area contributed by atoms with Crippen molar-refractivity contribution in [2.75, 3.05) is 26.8 Å². The van der Waals surface area contributed by atoms with Crippen LogP contribution in [0.3, 0.4) is 0 Å². The summed E-state index contributed by atoms with van der Waals surface area (Å²) in [6.07, 6.45) is -0.0749. The van der Waals surface area contributed by atoms with Crippen LogP contribution in [0.4, 0.5) is 0 Å². The van der Waals surface area contributed by atoms with Gasteiger partial charge in [-0.05, 0) is 19.2 Å². The highest BCUT2D eigenvalue weighted by atomic mass is 35.5. The summed E-state index contributed by atoms with van der Waals surface area (Å²) in [5.41, 5.74) is 1.95. The molecule has 0 aromatic heterocycles. The molecule has 0 bridgehead atoms. The minimum atomic E-state index is -0.348. The Kier molecular flexibility index (Phi) is 3.00. The normalized spacial score (nSPS) is 22.0. The molecular weight excluding hydrogens is 240 g/mol. The second-order valence-corrected chi connectivity index (χ2v) is 4.51. The van der Waals surface area contributed by atoms with Gasteiger partial charge in [-0.25, -0.2) is 0 Å². The third kappa shape index (κ3) is 1.83. The van der Waals surface area contributed by atoms with E-state index < -0.39 is 0 Å². The Morgan fingerprint density at radius 3 is 3.18 bits per heavy atom. The molecule has 0 saturated heterocycles. The average Bonchev–Trinajstić information content (AvgIpc) is 2.55. The quantitative estimate of drug-likeness (QED) is 0.789. The molecule has 0 radical (unpaired) electrons. The fourth-order valence-electron chi connectivity index (χ4n) is 2.34. The number of halogens is 1. The number of nitrogens with one attached hydrogen (secondary N) is 1. The average molecular weight is 253 g/mol. The summed E-state index contributed by atoms with van der Waals surface area (Å²) in [6, 6.07) is 3.74. The van der Waals surface area contributed by atoms with Crippen LogP contribution in [0.25, 0.3) is 0 Å². The maximum Gasteiger partial charge on any atom is 0.498 e. The van der Waals surface area contributed by atoms with Crippen molar-refractivity contribution in [2.24, 2.45) is 0 Å². The molecule has 90 valence electrons. The number of hydrogen-bond donors (Lipinski definition) is 1. The largest absolute Gasteiger partial charge is 0.498 e. The molecule has 1 aromatic rings. The first-order chi connectivity index (χ1) is 8.31. The zero-order chi connectivity index (χ0) is 11.8. The third-order valence-electron chi connectivity index (χ3n) is 3.04. The number of ether oxygens (including phenoxy) is 1. The first-order valence-corrected chi connectivity index (χ1v) is 6.06. The molecule has 1 unspecified atom stereocenters. The van der Waals surface area contributed by atoms with Crippen molar-refractivity contribution < 1.29 is 14.0 Å². The topological polar surface area (TPSA) is 39.7 Å². The van der Waals surface area contributed by atoms with Crippen molar-refractivity contribution in [3.63, 3.8) is 0 Å². The van der Waals surface area contributed by atoms with E-state index in [0.717, 1.165) is 16.8 Å². The molecule has 0 spiro atoms. The van der Waals surface area contributed by atoms with E-state index in [1.54, 1.807) is 0 Å². The van der Waals surface area contributed by atoms with Crippen molar-refractivity contribution >= 4 is 24.2 Å². The van der Waals surface area contributed by atoms with Crippen LogP contribution < -0.4 is 15.5 Å². The highest BCUT2D eigenvalue weighted by Gasteiger charge is 2.42. The summed E-state index contributed by atoms with van der Waals surface area (Å²) < 4.78 is 17.1. The monoisotopic (exact) mass is 253 g/mol. The van der Waals surface area contributed by atoms with Crippen molar-refractivity contribution in [2.45, 2.75) is 6.10 Å². The predicted molar refractivity (Wildman–Crippen MR) is 66.0 cm³/mol. The summed E-state index contributed by atoms with van der Waals surface area (Å²) in [6.45, 7) is 1.78. The molecule has 0 fully saturated rings. The Hall–Kier alpha value is -0.745. The number of benzene rings is 1. The van der Waals surface area contributed by atoms with Gasteiger partial charge in [0.05, 0.1) is 12.7 Å². The number of likely N-dealkylation sites (N-methyl/N-ethyl adjacent to an activating group) is 1. The first kappa shape index (κ1) is 11.4. The van der Waals surface area contributed by atoms with Crippen LogP contribution >= 0.6 is 11.6 Å². The molecule has 2 aliphatic rings. The molecule has 2 aliphatic heterocycles. The van der Waals surface area contributed by atoms with Gasteiger partial charge >= 0.3 is 7.12 Å². The van der Waals surface area contributed by atoms with Crippen molar-refractivity contribution in [3.05, 3.63) is 22.7 Å². The zero-order valence-electron chi connectivity index (χ0n) is 9.53. The molecule has 1 atom stereocenters. The second-order valence-electron chi connectivity index (χ2n) is 4.11. The molecule has 3 rings (SSSR count). The summed E-state index contributed by atoms with van der Waals surface area (Å²) >= 11 is 6.25. The molecule has 4 nitrogen and oxygen atoms in total. The number of hydrogen-bond acceptors (Lipinski definition) is 4. The Morgan fingerprint density at radius 2 is 2.35 bits per heavy atom. The van der Waals surface area contributed by atoms with E-state index in [1.807, 2.05) is 19.2 Å². The fraction of sp³-hybridized carbons (Fsp3) is 0.455. The Labute approximate surface area is 105 Å². The second kappa shape index (κ2) is 4.50. The lowest BCUT2D eigenvalue weighted by Crippen LogP contribution is -2.31. The van der Waals surface area contributed by atoms with Gasteiger partial charge in [0.2, 0.25) is 0 Å². The van der Waals surface area contributed by atoms with E-state index >= 15 is 0 Å². The van der Waals surface area contributed by atoms with Crippen molar-refractivity contribution in [3.8, 4) is 5.75 Å². The van der Waals surface area contributed by atoms with Crippen LogP contribution in [0.15, 0.2) is 12.1 Å². The van der Waals surface area contributed by atoms with Crippen LogP contribution in [0.2, 0.25) is 5.02 Å². The molecule has 0 amide bonds. The van der Waals surface area contributed by atoms with Gasteiger partial charge in [0, 0.05) is 22.6 Å². The van der Waals surface area contributed by atoms with Crippen molar-refractivity contribution in [1.82, 2.24) is 5.32 Å². The third-order valence-corrected chi connectivity index (χ3v) is 3.37. The lowest BCUT2D eigenvalue weighted by atomic mass is 9.78. The predicted octanol–water partition coefficient (Wildman–Crippen LogP) is 0.735. The first-order valence-electron chi connectivity index (χ1n) is 5.68. The molecule has 0 saturated carbocycles. The lowest BCUT2D eigenvalue weighted by molar-refractivity contribution is 0.144. The Balaban J connectivity index is 2.10. The van der Waals surface area contributed by atoms with Gasteiger partial charge in [-0.1, -0.05) is 11.6 Å². The van der Waals surface area contributed by atoms with E-state index in [-0.39, 0.29) is 13.2 Å². The lowest BCUT2D eigenvalue weighted by Gasteiger charge is -2.14. The Morgan fingerprint density at radius 1 is 1.47 bits per heavy atom. The summed E-state index contributed by atoms with van der Waals surface area (Å²) in [7, 11) is 1.54. The minimum absolute atomic E-state index is 0.0749. The molecule has 1 aromatic carbocycles. The van der Waals surface area contributed by atoms with Crippen LogP contribution in [-0.4, -0.2) is 33.9 Å². The minimum Gasteiger partial charge on any atom is -0.492 e. The van der Waals surface area contributed by atoms with Gasteiger partial charge in [-0.15, -0.1) is 0 Å². The van der Waals surface area contributed by atoms with Crippen LogP contribution in [0, 0.1) is 0 Å². The summed E-state index contributed by atoms with van der Waals surface area (Å²) in [5, 5.41) is 3.81. The van der Waals surface area contributed by atoms with E-state index in [1.165, 1.54) is 0 Å². The highest BCUT2D eigenvalue weighted by Crippen LogP contribution is 2.34. The molecular formula is C11H13BClNO3. The van der Waals surface area contributed by atoms with Gasteiger partial charge in [-0.3, -0.25) is 0 Å². The summed E-state index contributed by atoms with van der Waals surface area (Å²) in [4.78, 5) is 0. The van der Waals surface area contributed by atoms with Gasteiger partial charge in [0.15, 0.2) is 0 Å². The van der Waals surface area contributed by atoms with E-state index in [9.17, 15) is 0 Å². The molecule has 6 heteroatoms. The standard InChI is InChI=1S/C11H13BClNO3/c1-14-6-9-10-7(13)2-3-8-11(10)12(17-9)16-5-4-15-8/h2-3,9,14H,4-6H2,1H3. The van der Waals surface area contributed by atoms with Gasteiger partial charge in [-0.2, -0.15) is 0 Å². The van der Waals surface area contributed by atoms with Crippen LogP contribution in [0.5, 0.6) is 5.75 Å². The van der Waals surface area contributed by atoms with Gasteiger partial charge < -0.3 is 19.4 Å². The highest BCUT2D eigenvalue weighted by molar-refractivity contribution is 6.64. The van der Waals surface area contributed by atoms with E-state index in [4.69, 9.17) is 25.6 Å². The fourth-order valence-corrected chi connectivity index (χ4v) is 2.62. The SMILES string of the molecule is CNCC1OB2OCCOc3ccc(Cl)c1c32. The zero-order valence-corrected chi connectivity index (χ0v) is 10.3. The molecule has 1 N–H and O–H groups in total. The smallest absolute Gasteiger partial charge is 0.492 e. The molecule has 2 heterocycles. The van der Waals surface area contributed by atoms with E-state index in [2.05, 4.69) is 5.32 Å². The molecule has 0 aliphatic carbocycles. The van der Waals surface area contributed by atoms with E-state index in [0.29, 0.717) is 24.8 Å². The molecule has 17 heavy (non-hydrogen) atoms. The van der Waals surface area contributed by atoms with Gasteiger partial charge in [0.25, 0.3) is 0 Å².